The second-order valence-electron chi connectivity index (χ2n) is 9.63. The quantitative estimate of drug-likeness (QED) is 0.466. The summed E-state index contributed by atoms with van der Waals surface area (Å²) in [6.07, 6.45) is 9.26. The summed E-state index contributed by atoms with van der Waals surface area (Å²) in [5.74, 6) is -0.399. The maximum Gasteiger partial charge on any atom is 0.253 e. The van der Waals surface area contributed by atoms with Gasteiger partial charge in [0.15, 0.2) is 0 Å². The van der Waals surface area contributed by atoms with Crippen molar-refractivity contribution in [2.45, 2.75) is 30.8 Å². The Bertz CT molecular complexity index is 1440. The van der Waals surface area contributed by atoms with Crippen LogP contribution in [0.2, 0.25) is 0 Å². The van der Waals surface area contributed by atoms with Gasteiger partial charge in [0.25, 0.3) is 5.91 Å². The van der Waals surface area contributed by atoms with Gasteiger partial charge in [-0.15, -0.1) is 0 Å². The van der Waals surface area contributed by atoms with E-state index in [1.165, 1.54) is 30.6 Å². The third-order valence-electron chi connectivity index (χ3n) is 7.46. The van der Waals surface area contributed by atoms with Gasteiger partial charge in [-0.3, -0.25) is 14.4 Å². The first-order chi connectivity index (χ1) is 17.6. The first-order valence-electron chi connectivity index (χ1n) is 12.1. The normalized spacial score (nSPS) is 18.2. The lowest BCUT2D eigenvalue weighted by atomic mass is 9.83. The number of nitriles is 1. The molecule has 0 saturated carbocycles. The predicted molar refractivity (Wildman–Crippen MR) is 130 cm³/mol. The summed E-state index contributed by atoms with van der Waals surface area (Å²) in [4.78, 5) is 28.8. The lowest BCUT2D eigenvalue weighted by Crippen LogP contribution is -2.66. The number of nitrogens with zero attached hydrogens (tertiary/aromatic N) is 7. The van der Waals surface area contributed by atoms with Gasteiger partial charge < -0.3 is 9.88 Å². The van der Waals surface area contributed by atoms with Gasteiger partial charge in [0.05, 0.1) is 24.4 Å². The molecule has 9 nitrogen and oxygen atoms in total. The third kappa shape index (κ3) is 3.82. The minimum absolute atomic E-state index is 0.0544. The van der Waals surface area contributed by atoms with Gasteiger partial charge in [0, 0.05) is 61.1 Å². The molecule has 6 rings (SSSR count). The fourth-order valence-corrected chi connectivity index (χ4v) is 5.47. The Hall–Kier alpha value is -4.10. The number of carbonyl (C=O) groups is 1. The highest BCUT2D eigenvalue weighted by molar-refractivity contribution is 5.94. The molecular formula is C26H25FN8O. The maximum atomic E-state index is 13.2. The van der Waals surface area contributed by atoms with Crippen LogP contribution in [-0.4, -0.2) is 72.7 Å². The monoisotopic (exact) mass is 484 g/mol. The van der Waals surface area contributed by atoms with Crippen molar-refractivity contribution in [2.24, 2.45) is 0 Å². The SMILES string of the molecule is N#CCC1(n2cc(-c3ncnc4[nH]ccc34)cn2)CN(C2CCN(C(=O)c3ccc(F)cc3)CC2)C1. The van der Waals surface area contributed by atoms with Crippen molar-refractivity contribution >= 4 is 16.9 Å². The van der Waals surface area contributed by atoms with Crippen LogP contribution in [0.15, 0.2) is 55.2 Å². The van der Waals surface area contributed by atoms with E-state index in [2.05, 4.69) is 31.0 Å². The van der Waals surface area contributed by atoms with E-state index in [0.29, 0.717) is 31.1 Å². The smallest absolute Gasteiger partial charge is 0.253 e. The Kier molecular flexibility index (Phi) is 5.49. The number of halogens is 1. The van der Waals surface area contributed by atoms with Crippen molar-refractivity contribution in [1.29, 1.82) is 5.26 Å². The van der Waals surface area contributed by atoms with E-state index in [9.17, 15) is 14.4 Å². The highest BCUT2D eigenvalue weighted by Gasteiger charge is 2.48. The van der Waals surface area contributed by atoms with Gasteiger partial charge in [-0.1, -0.05) is 0 Å². The molecule has 4 aromatic rings. The fourth-order valence-electron chi connectivity index (χ4n) is 5.47. The highest BCUT2D eigenvalue weighted by atomic mass is 19.1. The van der Waals surface area contributed by atoms with Crippen molar-refractivity contribution in [3.63, 3.8) is 0 Å². The van der Waals surface area contributed by atoms with Crippen LogP contribution in [0.4, 0.5) is 4.39 Å². The zero-order valence-corrected chi connectivity index (χ0v) is 19.6. The first-order valence-corrected chi connectivity index (χ1v) is 12.1. The van der Waals surface area contributed by atoms with Crippen LogP contribution >= 0.6 is 0 Å². The maximum absolute atomic E-state index is 13.2. The van der Waals surface area contributed by atoms with E-state index in [0.717, 1.165) is 48.2 Å². The van der Waals surface area contributed by atoms with E-state index >= 15 is 0 Å². The molecule has 5 heterocycles. The number of carbonyl (C=O) groups excluding carboxylic acids is 1. The van der Waals surface area contributed by atoms with E-state index < -0.39 is 0 Å². The first kappa shape index (κ1) is 22.4. The Labute approximate surface area is 207 Å². The zero-order valence-electron chi connectivity index (χ0n) is 19.6. The lowest BCUT2D eigenvalue weighted by Gasteiger charge is -2.53. The molecule has 3 aromatic heterocycles. The minimum Gasteiger partial charge on any atom is -0.346 e. The number of hydrogen-bond acceptors (Lipinski definition) is 6. The van der Waals surface area contributed by atoms with Gasteiger partial charge in [0.2, 0.25) is 0 Å². The zero-order chi connectivity index (χ0) is 24.7. The van der Waals surface area contributed by atoms with Crippen molar-refractivity contribution in [2.75, 3.05) is 26.2 Å². The standard InChI is InChI=1S/C26H25FN8O/c27-20-3-1-18(2-4-20)25(36)33-11-6-21(7-12-33)34-15-26(16-34,8-9-28)35-14-19(13-32-35)23-22-5-10-29-24(22)31-17-30-23/h1-5,10,13-14,17,21H,6-8,11-12,15-16H2,(H,29,30,31). The second kappa shape index (κ2) is 8.84. The van der Waals surface area contributed by atoms with E-state index in [1.807, 2.05) is 28.0 Å². The van der Waals surface area contributed by atoms with Crippen LogP contribution in [0.3, 0.4) is 0 Å². The molecule has 0 spiro atoms. The molecule has 0 radical (unpaired) electrons. The topological polar surface area (TPSA) is 107 Å². The number of nitrogens with one attached hydrogen (secondary N) is 1. The molecule has 0 atom stereocenters. The highest BCUT2D eigenvalue weighted by Crippen LogP contribution is 2.37. The molecule has 182 valence electrons. The number of hydrogen-bond donors (Lipinski definition) is 1. The van der Waals surface area contributed by atoms with Crippen LogP contribution in [0, 0.1) is 17.1 Å². The van der Waals surface area contributed by atoms with Crippen LogP contribution in [0.5, 0.6) is 0 Å². The molecule has 36 heavy (non-hydrogen) atoms. The molecule has 2 aliphatic heterocycles. The van der Waals surface area contributed by atoms with Crippen molar-refractivity contribution in [3.05, 3.63) is 66.6 Å². The van der Waals surface area contributed by atoms with Crippen molar-refractivity contribution < 1.29 is 9.18 Å². The molecule has 0 unspecified atom stereocenters. The van der Waals surface area contributed by atoms with Crippen molar-refractivity contribution in [1.82, 2.24) is 34.5 Å². The van der Waals surface area contributed by atoms with Gasteiger partial charge in [-0.05, 0) is 43.2 Å². The molecule has 0 aliphatic carbocycles. The molecule has 1 aromatic carbocycles. The molecule has 2 aliphatic rings. The summed E-state index contributed by atoms with van der Waals surface area (Å²) in [5.41, 5.74) is 2.62. The van der Waals surface area contributed by atoms with Gasteiger partial charge >= 0.3 is 0 Å². The molecule has 1 amide bonds. The minimum atomic E-state index is -0.377. The number of rotatable bonds is 5. The van der Waals surface area contributed by atoms with Crippen molar-refractivity contribution in [3.8, 4) is 17.3 Å². The number of aromatic nitrogens is 5. The predicted octanol–water partition coefficient (Wildman–Crippen LogP) is 3.19. The van der Waals surface area contributed by atoms with Crippen LogP contribution < -0.4 is 0 Å². The summed E-state index contributed by atoms with van der Waals surface area (Å²) in [7, 11) is 0. The lowest BCUT2D eigenvalue weighted by molar-refractivity contribution is -0.0412. The molecule has 2 saturated heterocycles. The Morgan fingerprint density at radius 2 is 1.94 bits per heavy atom. The Morgan fingerprint density at radius 1 is 1.17 bits per heavy atom. The largest absolute Gasteiger partial charge is 0.346 e. The number of H-pyrrole nitrogens is 1. The molecule has 1 N–H and O–H groups in total. The second-order valence-corrected chi connectivity index (χ2v) is 9.63. The summed E-state index contributed by atoms with van der Waals surface area (Å²) >= 11 is 0. The summed E-state index contributed by atoms with van der Waals surface area (Å²) in [6, 6.07) is 10.4. The number of aromatic amines is 1. The summed E-state index contributed by atoms with van der Waals surface area (Å²) in [5, 5.41) is 15.2. The number of fused-ring (bicyclic) bond motifs is 1. The number of benzene rings is 1. The van der Waals surface area contributed by atoms with Gasteiger partial charge in [-0.2, -0.15) is 10.4 Å². The van der Waals surface area contributed by atoms with E-state index in [4.69, 9.17) is 0 Å². The summed E-state index contributed by atoms with van der Waals surface area (Å²) in [6.45, 7) is 2.80. The molecule has 2 fully saturated rings. The third-order valence-corrected chi connectivity index (χ3v) is 7.46. The van der Waals surface area contributed by atoms with E-state index in [1.54, 1.807) is 6.20 Å². The number of likely N-dealkylation sites (tertiary alicyclic amines) is 2. The van der Waals surface area contributed by atoms with Gasteiger partial charge in [0.1, 0.15) is 23.3 Å². The van der Waals surface area contributed by atoms with E-state index in [-0.39, 0.29) is 17.3 Å². The van der Waals surface area contributed by atoms with Crippen LogP contribution in [-0.2, 0) is 5.54 Å². The van der Waals surface area contributed by atoms with Crippen LogP contribution in [0.1, 0.15) is 29.6 Å². The average Bonchev–Trinajstić information content (AvgIpc) is 3.56. The number of piperidine rings is 1. The average molecular weight is 485 g/mol. The molecule has 10 heteroatoms. The van der Waals surface area contributed by atoms with Gasteiger partial charge in [-0.25, -0.2) is 14.4 Å². The van der Waals surface area contributed by atoms with Crippen LogP contribution in [0.25, 0.3) is 22.3 Å². The summed E-state index contributed by atoms with van der Waals surface area (Å²) < 4.78 is 15.1. The Balaban J connectivity index is 1.12. The Morgan fingerprint density at radius 3 is 2.69 bits per heavy atom. The molecule has 0 bridgehead atoms. The molecular weight excluding hydrogens is 459 g/mol. The fraction of sp³-hybridized carbons (Fsp3) is 0.346. The number of amides is 1.